The van der Waals surface area contributed by atoms with Crippen molar-refractivity contribution in [1.29, 1.82) is 0 Å². The van der Waals surface area contributed by atoms with Gasteiger partial charge in [0.05, 0.1) is 17.7 Å². The first-order valence-corrected chi connectivity index (χ1v) is 15.3. The molecule has 0 saturated heterocycles. The highest BCUT2D eigenvalue weighted by Crippen LogP contribution is 2.26. The van der Waals surface area contributed by atoms with Gasteiger partial charge in [-0.2, -0.15) is 0 Å². The van der Waals surface area contributed by atoms with E-state index in [0.29, 0.717) is 17.9 Å². The maximum atomic E-state index is 14.3. The highest BCUT2D eigenvalue weighted by Gasteiger charge is 2.34. The van der Waals surface area contributed by atoms with Gasteiger partial charge in [-0.3, -0.25) is 13.9 Å². The van der Waals surface area contributed by atoms with Gasteiger partial charge in [-0.15, -0.1) is 0 Å². The summed E-state index contributed by atoms with van der Waals surface area (Å²) in [7, 11) is -2.91. The molecule has 4 aromatic rings. The number of ether oxygens (including phenoxy) is 1. The molecular weight excluding hydrogens is 588 g/mol. The van der Waals surface area contributed by atoms with E-state index in [4.69, 9.17) is 4.74 Å². The molecule has 0 heterocycles. The lowest BCUT2D eigenvalue weighted by Gasteiger charge is -2.33. The van der Waals surface area contributed by atoms with E-state index in [0.717, 1.165) is 22.0 Å². The molecular formula is C33H33F2N3O5S. The second-order valence-corrected chi connectivity index (χ2v) is 11.8. The molecule has 1 atom stereocenters. The molecule has 4 aromatic carbocycles. The molecule has 0 fully saturated rings. The Labute approximate surface area is 255 Å². The first-order valence-electron chi connectivity index (χ1n) is 13.9. The number of anilines is 1. The zero-order chi connectivity index (χ0) is 31.7. The van der Waals surface area contributed by atoms with Crippen LogP contribution in [0.3, 0.4) is 0 Å². The van der Waals surface area contributed by atoms with Crippen molar-refractivity contribution in [2.75, 3.05) is 24.5 Å². The monoisotopic (exact) mass is 621 g/mol. The summed E-state index contributed by atoms with van der Waals surface area (Å²) >= 11 is 0. The Kier molecular flexibility index (Phi) is 10.7. The second kappa shape index (κ2) is 14.6. The topological polar surface area (TPSA) is 96.0 Å². The predicted molar refractivity (Wildman–Crippen MR) is 163 cm³/mol. The van der Waals surface area contributed by atoms with Crippen molar-refractivity contribution in [1.82, 2.24) is 10.2 Å². The van der Waals surface area contributed by atoms with Gasteiger partial charge in [0.2, 0.25) is 11.8 Å². The first-order chi connectivity index (χ1) is 21.1. The van der Waals surface area contributed by atoms with Gasteiger partial charge in [0.25, 0.3) is 10.0 Å². The molecule has 44 heavy (non-hydrogen) atoms. The van der Waals surface area contributed by atoms with Crippen LogP contribution in [0.2, 0.25) is 0 Å². The summed E-state index contributed by atoms with van der Waals surface area (Å²) < 4.78 is 61.6. The van der Waals surface area contributed by atoms with Gasteiger partial charge in [-0.05, 0) is 78.7 Å². The van der Waals surface area contributed by atoms with E-state index >= 15 is 0 Å². The van der Waals surface area contributed by atoms with Crippen LogP contribution in [0.5, 0.6) is 5.75 Å². The number of methoxy groups -OCH3 is 1. The molecule has 8 nitrogen and oxygen atoms in total. The van der Waals surface area contributed by atoms with Crippen LogP contribution in [0, 0.1) is 11.6 Å². The molecule has 0 aromatic heterocycles. The molecule has 11 heteroatoms. The lowest BCUT2D eigenvalue weighted by atomic mass is 10.0. The predicted octanol–water partition coefficient (Wildman–Crippen LogP) is 4.94. The average Bonchev–Trinajstić information content (AvgIpc) is 3.03. The third kappa shape index (κ3) is 7.99. The largest absolute Gasteiger partial charge is 0.497 e. The summed E-state index contributed by atoms with van der Waals surface area (Å²) in [5, 5.41) is 2.78. The number of carbonyl (C=O) groups excluding carboxylic acids is 2. The fourth-order valence-corrected chi connectivity index (χ4v) is 6.06. The minimum atomic E-state index is -4.36. The van der Waals surface area contributed by atoms with Crippen LogP contribution in [0.4, 0.5) is 14.5 Å². The maximum absolute atomic E-state index is 14.3. The van der Waals surface area contributed by atoms with Crippen LogP contribution in [-0.2, 0) is 32.6 Å². The number of carbonyl (C=O) groups is 2. The Bertz CT molecular complexity index is 1650. The number of hydrogen-bond acceptors (Lipinski definition) is 5. The molecule has 0 aliphatic carbocycles. The first kappa shape index (κ1) is 32.2. The fourth-order valence-electron chi connectivity index (χ4n) is 4.64. The Morgan fingerprint density at radius 1 is 0.818 bits per heavy atom. The van der Waals surface area contributed by atoms with E-state index in [2.05, 4.69) is 5.32 Å². The van der Waals surface area contributed by atoms with Gasteiger partial charge in [-0.1, -0.05) is 42.5 Å². The van der Waals surface area contributed by atoms with E-state index in [-0.39, 0.29) is 23.5 Å². The van der Waals surface area contributed by atoms with Crippen LogP contribution in [0.15, 0.2) is 108 Å². The summed E-state index contributed by atoms with van der Waals surface area (Å²) in [5.41, 5.74) is 1.37. The highest BCUT2D eigenvalue weighted by molar-refractivity contribution is 7.92. The Morgan fingerprint density at radius 3 is 1.98 bits per heavy atom. The Balaban J connectivity index is 1.78. The standard InChI is InChI=1S/C33H33F2N3O5S/c1-3-36-33(40)31(21-24-7-5-4-6-8-24)37(22-25-9-11-26(34)12-10-25)32(39)23-38(28-15-13-27(35)14-16-28)44(41,42)30-19-17-29(43-2)18-20-30/h4-20,31H,3,21-23H2,1-2H3,(H,36,40)/t31-/m1/s1. The quantitative estimate of drug-likeness (QED) is 0.228. The molecule has 1 N–H and O–H groups in total. The number of nitrogens with one attached hydrogen (secondary N) is 1. The molecule has 0 aliphatic heterocycles. The number of likely N-dealkylation sites (N-methyl/N-ethyl adjacent to an activating group) is 1. The van der Waals surface area contributed by atoms with Crippen molar-refractivity contribution in [2.45, 2.75) is 30.8 Å². The zero-order valence-electron chi connectivity index (χ0n) is 24.3. The highest BCUT2D eigenvalue weighted by atomic mass is 32.2. The number of sulfonamides is 1. The number of hydrogen-bond donors (Lipinski definition) is 1. The lowest BCUT2D eigenvalue weighted by Crippen LogP contribution is -2.53. The summed E-state index contributed by atoms with van der Waals surface area (Å²) in [6.07, 6.45) is 0.140. The third-order valence-corrected chi connectivity index (χ3v) is 8.72. The minimum Gasteiger partial charge on any atom is -0.497 e. The molecule has 0 unspecified atom stereocenters. The van der Waals surface area contributed by atoms with Crippen LogP contribution in [0.1, 0.15) is 18.1 Å². The van der Waals surface area contributed by atoms with E-state index < -0.39 is 46.1 Å². The van der Waals surface area contributed by atoms with E-state index in [1.165, 1.54) is 72.7 Å². The summed E-state index contributed by atoms with van der Waals surface area (Å²) in [6, 6.07) is 23.9. The normalized spacial score (nSPS) is 11.8. The Hall–Kier alpha value is -4.77. The third-order valence-electron chi connectivity index (χ3n) is 6.93. The molecule has 0 bridgehead atoms. The van der Waals surface area contributed by atoms with Crippen molar-refractivity contribution in [3.8, 4) is 5.75 Å². The van der Waals surface area contributed by atoms with Crippen molar-refractivity contribution in [3.05, 3.63) is 126 Å². The molecule has 4 rings (SSSR count). The van der Waals surface area contributed by atoms with Crippen molar-refractivity contribution in [2.24, 2.45) is 0 Å². The van der Waals surface area contributed by atoms with E-state index in [9.17, 15) is 26.8 Å². The second-order valence-electron chi connectivity index (χ2n) is 9.91. The van der Waals surface area contributed by atoms with Crippen molar-refractivity contribution < 1.29 is 31.5 Å². The Morgan fingerprint density at radius 2 is 1.41 bits per heavy atom. The van der Waals surface area contributed by atoms with Crippen LogP contribution >= 0.6 is 0 Å². The van der Waals surface area contributed by atoms with Gasteiger partial charge in [-0.25, -0.2) is 17.2 Å². The maximum Gasteiger partial charge on any atom is 0.264 e. The van der Waals surface area contributed by atoms with Crippen LogP contribution < -0.4 is 14.4 Å². The number of benzene rings is 4. The van der Waals surface area contributed by atoms with E-state index in [1.807, 2.05) is 30.3 Å². The smallest absolute Gasteiger partial charge is 0.264 e. The molecule has 0 saturated carbocycles. The van der Waals surface area contributed by atoms with Crippen LogP contribution in [0.25, 0.3) is 0 Å². The summed E-state index contributed by atoms with van der Waals surface area (Å²) in [5.74, 6) is -1.74. The molecule has 2 amide bonds. The van der Waals surface area contributed by atoms with Gasteiger partial charge in [0.1, 0.15) is 30.0 Å². The summed E-state index contributed by atoms with van der Waals surface area (Å²) in [4.78, 5) is 28.9. The van der Waals surface area contributed by atoms with Crippen LogP contribution in [-0.4, -0.2) is 51.4 Å². The summed E-state index contributed by atoms with van der Waals surface area (Å²) in [6.45, 7) is 1.25. The lowest BCUT2D eigenvalue weighted by molar-refractivity contribution is -0.140. The minimum absolute atomic E-state index is 0.0509. The number of nitrogens with zero attached hydrogens (tertiary/aromatic N) is 2. The molecule has 0 radical (unpaired) electrons. The molecule has 230 valence electrons. The number of amides is 2. The number of halogens is 2. The van der Waals surface area contributed by atoms with Gasteiger partial charge < -0.3 is 15.0 Å². The number of rotatable bonds is 13. The van der Waals surface area contributed by atoms with Gasteiger partial charge >= 0.3 is 0 Å². The average molecular weight is 622 g/mol. The molecule has 0 aliphatic rings. The molecule has 0 spiro atoms. The van der Waals surface area contributed by atoms with Crippen molar-refractivity contribution in [3.63, 3.8) is 0 Å². The van der Waals surface area contributed by atoms with Gasteiger partial charge in [0.15, 0.2) is 0 Å². The zero-order valence-corrected chi connectivity index (χ0v) is 25.1. The van der Waals surface area contributed by atoms with Crippen molar-refractivity contribution >= 4 is 27.5 Å². The fraction of sp³-hybridized carbons (Fsp3) is 0.212. The van der Waals surface area contributed by atoms with Gasteiger partial charge in [0, 0.05) is 19.5 Å². The van der Waals surface area contributed by atoms with E-state index in [1.54, 1.807) is 6.92 Å². The SMILES string of the molecule is CCNC(=O)[C@@H](Cc1ccccc1)N(Cc1ccc(F)cc1)C(=O)CN(c1ccc(F)cc1)S(=O)(=O)c1ccc(OC)cc1.